The molecule has 0 spiro atoms. The number of benzene rings is 2. The van der Waals surface area contributed by atoms with Crippen LogP contribution in [0.25, 0.3) is 0 Å². The Morgan fingerprint density at radius 3 is 1.59 bits per heavy atom. The summed E-state index contributed by atoms with van der Waals surface area (Å²) in [4.78, 5) is 29.5. The molecule has 2 unspecified atom stereocenters. The number of hydrogen-bond acceptors (Lipinski definition) is 4. The average molecular weight is 427 g/mol. The summed E-state index contributed by atoms with van der Waals surface area (Å²) in [6, 6.07) is 16.5. The van der Waals surface area contributed by atoms with E-state index in [0.29, 0.717) is 25.9 Å². The van der Waals surface area contributed by atoms with Crippen LogP contribution >= 0.6 is 23.5 Å². The van der Waals surface area contributed by atoms with E-state index in [1.54, 1.807) is 23.5 Å². The Bertz CT molecular complexity index is 844. The highest BCUT2D eigenvalue weighted by molar-refractivity contribution is 7.99. The fourth-order valence-corrected chi connectivity index (χ4v) is 6.32. The molecule has 6 heteroatoms. The van der Waals surface area contributed by atoms with Crippen molar-refractivity contribution in [2.24, 2.45) is 0 Å². The van der Waals surface area contributed by atoms with Gasteiger partial charge in [-0.2, -0.15) is 0 Å². The molecule has 0 aliphatic carbocycles. The van der Waals surface area contributed by atoms with Gasteiger partial charge in [0, 0.05) is 13.1 Å². The third kappa shape index (κ3) is 3.92. The molecule has 29 heavy (non-hydrogen) atoms. The van der Waals surface area contributed by atoms with Gasteiger partial charge in [0.2, 0.25) is 11.8 Å². The zero-order chi connectivity index (χ0) is 20.4. The molecule has 0 N–H and O–H groups in total. The van der Waals surface area contributed by atoms with Gasteiger partial charge in [0.25, 0.3) is 0 Å². The van der Waals surface area contributed by atoms with Crippen LogP contribution in [-0.2, 0) is 22.4 Å². The third-order valence-electron chi connectivity index (χ3n) is 5.78. The molecule has 2 amide bonds. The summed E-state index contributed by atoms with van der Waals surface area (Å²) in [6.45, 7) is 1.34. The van der Waals surface area contributed by atoms with Gasteiger partial charge in [0.15, 0.2) is 0 Å². The minimum atomic E-state index is 0.0570. The van der Waals surface area contributed by atoms with E-state index in [1.165, 1.54) is 11.1 Å². The third-order valence-corrected chi connectivity index (χ3v) is 7.69. The van der Waals surface area contributed by atoms with Gasteiger partial charge in [-0.15, -0.1) is 23.5 Å². The molecule has 2 heterocycles. The number of fused-ring (bicyclic) bond motifs is 2. The number of thioether (sulfide) groups is 2. The first-order valence-electron chi connectivity index (χ1n) is 9.94. The van der Waals surface area contributed by atoms with Gasteiger partial charge in [-0.05, 0) is 41.2 Å². The highest BCUT2D eigenvalue weighted by Gasteiger charge is 2.33. The molecule has 0 saturated carbocycles. The summed E-state index contributed by atoms with van der Waals surface area (Å²) in [7, 11) is 0. The molecule has 152 valence electrons. The predicted octanol–water partition coefficient (Wildman–Crippen LogP) is 4.27. The number of hydrogen-bond donors (Lipinski definition) is 0. The first-order chi connectivity index (χ1) is 14.1. The minimum absolute atomic E-state index is 0.0570. The summed E-state index contributed by atoms with van der Waals surface area (Å²) in [5.41, 5.74) is 4.76. The van der Waals surface area contributed by atoms with Gasteiger partial charge >= 0.3 is 0 Å². The molecule has 2 aromatic rings. The highest BCUT2D eigenvalue weighted by Crippen LogP contribution is 2.39. The molecule has 2 aromatic carbocycles. The number of nitrogens with zero attached hydrogens (tertiary/aromatic N) is 2. The Hall–Kier alpha value is -1.92. The van der Waals surface area contributed by atoms with Crippen molar-refractivity contribution in [3.63, 3.8) is 0 Å². The van der Waals surface area contributed by atoms with Crippen LogP contribution in [0.2, 0.25) is 0 Å². The first kappa shape index (κ1) is 20.4. The van der Waals surface area contributed by atoms with Crippen LogP contribution in [0, 0.1) is 0 Å². The molecule has 0 fully saturated rings. The minimum Gasteiger partial charge on any atom is -0.326 e. The van der Waals surface area contributed by atoms with Crippen LogP contribution in [0.15, 0.2) is 48.5 Å². The fourth-order valence-electron chi connectivity index (χ4n) is 4.40. The van der Waals surface area contributed by atoms with E-state index in [-0.39, 0.29) is 22.6 Å². The van der Waals surface area contributed by atoms with E-state index in [0.717, 1.165) is 17.5 Å². The summed E-state index contributed by atoms with van der Waals surface area (Å²) >= 11 is 3.41. The Balaban J connectivity index is 1.46. The molecule has 2 aliphatic rings. The lowest BCUT2D eigenvalue weighted by molar-refractivity contribution is -0.133. The van der Waals surface area contributed by atoms with Crippen molar-refractivity contribution in [2.45, 2.75) is 30.0 Å². The number of amides is 2. The van der Waals surface area contributed by atoms with E-state index in [4.69, 9.17) is 0 Å². The van der Waals surface area contributed by atoms with E-state index >= 15 is 0 Å². The molecule has 0 saturated heterocycles. The van der Waals surface area contributed by atoms with Gasteiger partial charge in [-0.3, -0.25) is 9.59 Å². The molecule has 2 aliphatic heterocycles. The van der Waals surface area contributed by atoms with Gasteiger partial charge < -0.3 is 9.80 Å². The lowest BCUT2D eigenvalue weighted by Crippen LogP contribution is -2.43. The molecular weight excluding hydrogens is 400 g/mol. The molecule has 4 rings (SSSR count). The molecule has 0 bridgehead atoms. The maximum Gasteiger partial charge on any atom is 0.228 e. The van der Waals surface area contributed by atoms with Gasteiger partial charge in [0.05, 0.1) is 12.8 Å². The van der Waals surface area contributed by atoms with Crippen molar-refractivity contribution in [1.82, 2.24) is 9.80 Å². The van der Waals surface area contributed by atoms with E-state index < -0.39 is 0 Å². The predicted molar refractivity (Wildman–Crippen MR) is 121 cm³/mol. The van der Waals surface area contributed by atoms with Crippen LogP contribution in [0.3, 0.4) is 0 Å². The second-order valence-corrected chi connectivity index (χ2v) is 9.29. The maximum absolute atomic E-state index is 12.8. The molecular formula is C23H26N2O2S2. The van der Waals surface area contributed by atoms with Crippen molar-refractivity contribution < 1.29 is 9.59 Å². The molecule has 4 nitrogen and oxygen atoms in total. The fraction of sp³-hybridized carbons (Fsp3) is 0.391. The molecule has 0 radical (unpaired) electrons. The SMILES string of the molecule is CSC1c2ccccc2CC(=O)N1CCCN1C(=O)Cc2ccccc2C1SC. The summed E-state index contributed by atoms with van der Waals surface area (Å²) in [6.07, 6.45) is 5.84. The van der Waals surface area contributed by atoms with Crippen molar-refractivity contribution in [3.05, 3.63) is 70.8 Å². The monoisotopic (exact) mass is 426 g/mol. The van der Waals surface area contributed by atoms with Crippen LogP contribution in [-0.4, -0.2) is 47.2 Å². The average Bonchev–Trinajstić information content (AvgIpc) is 2.74. The molecule has 0 aromatic heterocycles. The first-order valence-corrected chi connectivity index (χ1v) is 12.5. The van der Waals surface area contributed by atoms with Crippen molar-refractivity contribution in [3.8, 4) is 0 Å². The second-order valence-electron chi connectivity index (χ2n) is 7.46. The largest absolute Gasteiger partial charge is 0.326 e. The number of carbonyl (C=O) groups is 2. The van der Waals surface area contributed by atoms with Crippen LogP contribution in [0.4, 0.5) is 0 Å². The van der Waals surface area contributed by atoms with E-state index in [9.17, 15) is 9.59 Å². The van der Waals surface area contributed by atoms with Crippen LogP contribution < -0.4 is 0 Å². The smallest absolute Gasteiger partial charge is 0.228 e. The zero-order valence-electron chi connectivity index (χ0n) is 16.8. The van der Waals surface area contributed by atoms with Crippen LogP contribution in [0.1, 0.15) is 39.4 Å². The summed E-state index contributed by atoms with van der Waals surface area (Å²) in [5.74, 6) is 0.361. The van der Waals surface area contributed by atoms with E-state index in [2.05, 4.69) is 36.8 Å². The quantitative estimate of drug-likeness (QED) is 0.692. The normalized spacial score (nSPS) is 21.2. The Labute approximate surface area is 181 Å². The Kier molecular flexibility index (Phi) is 6.20. The van der Waals surface area contributed by atoms with Crippen LogP contribution in [0.5, 0.6) is 0 Å². The number of rotatable bonds is 6. The van der Waals surface area contributed by atoms with Gasteiger partial charge in [0.1, 0.15) is 10.7 Å². The van der Waals surface area contributed by atoms with Crippen molar-refractivity contribution in [2.75, 3.05) is 25.6 Å². The van der Waals surface area contributed by atoms with Gasteiger partial charge in [-0.25, -0.2) is 0 Å². The maximum atomic E-state index is 12.8. The highest BCUT2D eigenvalue weighted by atomic mass is 32.2. The topological polar surface area (TPSA) is 40.6 Å². The molecule has 2 atom stereocenters. The number of carbonyl (C=O) groups excluding carboxylic acids is 2. The second kappa shape index (κ2) is 8.84. The van der Waals surface area contributed by atoms with E-state index in [1.807, 2.05) is 34.1 Å². The van der Waals surface area contributed by atoms with Crippen molar-refractivity contribution in [1.29, 1.82) is 0 Å². The van der Waals surface area contributed by atoms with Gasteiger partial charge in [-0.1, -0.05) is 48.5 Å². The lowest BCUT2D eigenvalue weighted by Gasteiger charge is -2.39. The summed E-state index contributed by atoms with van der Waals surface area (Å²) < 4.78 is 0. The zero-order valence-corrected chi connectivity index (χ0v) is 18.5. The Morgan fingerprint density at radius 2 is 1.17 bits per heavy atom. The standard InChI is InChI=1S/C23H26N2O2S2/c1-28-22-18-10-5-3-8-16(18)14-20(26)24(22)12-7-13-25-21(27)15-17-9-4-6-11-19(17)23(25)29-2/h3-6,8-11,22-23H,7,12-15H2,1-2H3. The lowest BCUT2D eigenvalue weighted by atomic mass is 9.98. The van der Waals surface area contributed by atoms with Crippen molar-refractivity contribution >= 4 is 35.3 Å². The summed E-state index contributed by atoms with van der Waals surface area (Å²) in [5, 5.41) is 0.114. The Morgan fingerprint density at radius 1 is 0.759 bits per heavy atom.